The minimum absolute atomic E-state index is 0.180. The molecule has 146 valence electrons. The van der Waals surface area contributed by atoms with Crippen LogP contribution in [0.15, 0.2) is 71.4 Å². The van der Waals surface area contributed by atoms with Gasteiger partial charge in [-0.05, 0) is 36.8 Å². The number of hydrogen-bond donors (Lipinski definition) is 1. The van der Waals surface area contributed by atoms with Crippen molar-refractivity contribution in [1.82, 2.24) is 19.9 Å². The van der Waals surface area contributed by atoms with Crippen LogP contribution in [-0.4, -0.2) is 20.4 Å². The standard InChI is InChI=1S/C22H19FN4O2/c1-14-18(26-22(29-14)15-7-4-3-5-8-15)21(28)25-19(20-24-11-12-27(20)2)16-9-6-10-17(23)13-16/h3-13,19H,1-2H3,(H,25,28). The van der Waals surface area contributed by atoms with Crippen LogP contribution in [0.2, 0.25) is 0 Å². The molecule has 1 N–H and O–H groups in total. The Bertz CT molecular complexity index is 1150. The Morgan fingerprint density at radius 3 is 2.66 bits per heavy atom. The Labute approximate surface area is 167 Å². The van der Waals surface area contributed by atoms with E-state index in [9.17, 15) is 9.18 Å². The molecule has 2 aromatic carbocycles. The summed E-state index contributed by atoms with van der Waals surface area (Å²) in [5, 5.41) is 2.91. The molecule has 29 heavy (non-hydrogen) atoms. The molecule has 0 aliphatic rings. The molecule has 4 aromatic rings. The number of aryl methyl sites for hydroxylation is 2. The Hall–Kier alpha value is -3.74. The molecule has 1 amide bonds. The summed E-state index contributed by atoms with van der Waals surface area (Å²) in [7, 11) is 1.82. The predicted molar refractivity (Wildman–Crippen MR) is 106 cm³/mol. The largest absolute Gasteiger partial charge is 0.441 e. The van der Waals surface area contributed by atoms with E-state index in [1.54, 1.807) is 36.0 Å². The van der Waals surface area contributed by atoms with Gasteiger partial charge in [-0.25, -0.2) is 14.4 Å². The molecule has 0 bridgehead atoms. The number of oxazole rings is 1. The second-order valence-corrected chi connectivity index (χ2v) is 6.65. The van der Waals surface area contributed by atoms with E-state index in [0.717, 1.165) is 5.56 Å². The summed E-state index contributed by atoms with van der Waals surface area (Å²) >= 11 is 0. The minimum Gasteiger partial charge on any atom is -0.441 e. The predicted octanol–water partition coefficient (Wildman–Crippen LogP) is 4.04. The van der Waals surface area contributed by atoms with Crippen LogP contribution < -0.4 is 5.32 Å². The first-order valence-corrected chi connectivity index (χ1v) is 9.09. The second kappa shape index (κ2) is 7.71. The molecule has 1 unspecified atom stereocenters. The van der Waals surface area contributed by atoms with Crippen LogP contribution >= 0.6 is 0 Å². The number of benzene rings is 2. The first-order valence-electron chi connectivity index (χ1n) is 9.09. The Kier molecular flexibility index (Phi) is 4.95. The third-order valence-electron chi connectivity index (χ3n) is 4.61. The average Bonchev–Trinajstić information content (AvgIpc) is 3.32. The van der Waals surface area contributed by atoms with E-state index in [1.807, 2.05) is 37.4 Å². The quantitative estimate of drug-likeness (QED) is 0.558. The molecule has 0 fully saturated rings. The average molecular weight is 390 g/mol. The van der Waals surface area contributed by atoms with E-state index in [0.29, 0.717) is 23.0 Å². The van der Waals surface area contributed by atoms with Crippen molar-refractivity contribution >= 4 is 5.91 Å². The number of aromatic nitrogens is 3. The normalized spacial score (nSPS) is 12.0. The van der Waals surface area contributed by atoms with Gasteiger partial charge < -0.3 is 14.3 Å². The summed E-state index contributed by atoms with van der Waals surface area (Å²) in [6.45, 7) is 1.69. The van der Waals surface area contributed by atoms with Gasteiger partial charge in [-0.2, -0.15) is 0 Å². The van der Waals surface area contributed by atoms with E-state index in [4.69, 9.17) is 4.42 Å². The molecule has 0 saturated carbocycles. The monoisotopic (exact) mass is 390 g/mol. The van der Waals surface area contributed by atoms with Crippen molar-refractivity contribution in [3.05, 3.63) is 95.7 Å². The zero-order valence-corrected chi connectivity index (χ0v) is 16.0. The number of rotatable bonds is 5. The van der Waals surface area contributed by atoms with Crippen LogP contribution in [0.4, 0.5) is 4.39 Å². The topological polar surface area (TPSA) is 73.0 Å². The van der Waals surface area contributed by atoms with Crippen LogP contribution in [0, 0.1) is 12.7 Å². The number of carbonyl (C=O) groups is 1. The highest BCUT2D eigenvalue weighted by molar-refractivity contribution is 5.94. The number of hydrogen-bond acceptors (Lipinski definition) is 4. The van der Waals surface area contributed by atoms with E-state index < -0.39 is 11.9 Å². The summed E-state index contributed by atoms with van der Waals surface area (Å²) in [5.74, 6) is 0.533. The first-order chi connectivity index (χ1) is 14.0. The number of imidazole rings is 1. The molecule has 0 spiro atoms. The van der Waals surface area contributed by atoms with Crippen LogP contribution in [0.5, 0.6) is 0 Å². The third kappa shape index (κ3) is 3.80. The highest BCUT2D eigenvalue weighted by Crippen LogP contribution is 2.24. The van der Waals surface area contributed by atoms with Crippen molar-refractivity contribution in [1.29, 1.82) is 0 Å². The molecule has 0 aliphatic carbocycles. The Morgan fingerprint density at radius 2 is 1.97 bits per heavy atom. The van der Waals surface area contributed by atoms with Crippen molar-refractivity contribution in [2.75, 3.05) is 0 Å². The highest BCUT2D eigenvalue weighted by Gasteiger charge is 2.25. The number of carbonyl (C=O) groups excluding carboxylic acids is 1. The maximum Gasteiger partial charge on any atom is 0.274 e. The van der Waals surface area contributed by atoms with Crippen molar-refractivity contribution in [2.45, 2.75) is 13.0 Å². The fourth-order valence-electron chi connectivity index (χ4n) is 3.15. The molecule has 0 saturated heterocycles. The van der Waals surface area contributed by atoms with Crippen molar-refractivity contribution in [3.8, 4) is 11.5 Å². The lowest BCUT2D eigenvalue weighted by Gasteiger charge is -2.18. The highest BCUT2D eigenvalue weighted by atomic mass is 19.1. The van der Waals surface area contributed by atoms with Gasteiger partial charge in [0.2, 0.25) is 5.89 Å². The number of halogens is 1. The summed E-state index contributed by atoms with van der Waals surface area (Å²) < 4.78 is 21.3. The van der Waals surface area contributed by atoms with E-state index >= 15 is 0 Å². The van der Waals surface area contributed by atoms with Gasteiger partial charge in [-0.1, -0.05) is 30.3 Å². The summed E-state index contributed by atoms with van der Waals surface area (Å²) in [4.78, 5) is 21.7. The van der Waals surface area contributed by atoms with Gasteiger partial charge in [-0.15, -0.1) is 0 Å². The first kappa shape index (κ1) is 18.6. The number of amides is 1. The lowest BCUT2D eigenvalue weighted by atomic mass is 10.1. The minimum atomic E-state index is -0.644. The zero-order valence-electron chi connectivity index (χ0n) is 16.0. The molecule has 0 radical (unpaired) electrons. The molecule has 1 atom stereocenters. The van der Waals surface area contributed by atoms with Gasteiger partial charge in [0.1, 0.15) is 23.4 Å². The van der Waals surface area contributed by atoms with Crippen molar-refractivity contribution < 1.29 is 13.6 Å². The molecular formula is C22H19FN4O2. The Balaban J connectivity index is 1.67. The fourth-order valence-corrected chi connectivity index (χ4v) is 3.15. The maximum atomic E-state index is 13.8. The smallest absolute Gasteiger partial charge is 0.274 e. The SMILES string of the molecule is Cc1oc(-c2ccccc2)nc1C(=O)NC(c1cccc(F)c1)c1nccn1C. The van der Waals surface area contributed by atoms with Crippen LogP contribution in [0.1, 0.15) is 33.7 Å². The van der Waals surface area contributed by atoms with E-state index in [-0.39, 0.29) is 11.5 Å². The van der Waals surface area contributed by atoms with E-state index in [2.05, 4.69) is 15.3 Å². The van der Waals surface area contributed by atoms with E-state index in [1.165, 1.54) is 12.1 Å². The number of nitrogens with zero attached hydrogens (tertiary/aromatic N) is 3. The lowest BCUT2D eigenvalue weighted by Crippen LogP contribution is -2.31. The summed E-state index contributed by atoms with van der Waals surface area (Å²) in [6, 6.07) is 14.8. The van der Waals surface area contributed by atoms with Gasteiger partial charge in [0.15, 0.2) is 5.69 Å². The molecule has 7 heteroatoms. The summed E-state index contributed by atoms with van der Waals surface area (Å²) in [6.07, 6.45) is 3.39. The van der Waals surface area contributed by atoms with Gasteiger partial charge in [0.05, 0.1) is 0 Å². The third-order valence-corrected chi connectivity index (χ3v) is 4.61. The molecule has 0 aliphatic heterocycles. The molecule has 2 heterocycles. The number of nitrogens with one attached hydrogen (secondary N) is 1. The van der Waals surface area contributed by atoms with Crippen molar-refractivity contribution in [2.24, 2.45) is 7.05 Å². The Morgan fingerprint density at radius 1 is 1.17 bits per heavy atom. The van der Waals surface area contributed by atoms with Crippen LogP contribution in [-0.2, 0) is 7.05 Å². The van der Waals surface area contributed by atoms with Gasteiger partial charge in [0, 0.05) is 25.0 Å². The van der Waals surface area contributed by atoms with Crippen LogP contribution in [0.25, 0.3) is 11.5 Å². The lowest BCUT2D eigenvalue weighted by molar-refractivity contribution is 0.0935. The molecular weight excluding hydrogens is 371 g/mol. The summed E-state index contributed by atoms with van der Waals surface area (Å²) in [5.41, 5.74) is 1.54. The van der Waals surface area contributed by atoms with Gasteiger partial charge in [-0.3, -0.25) is 4.79 Å². The van der Waals surface area contributed by atoms with Gasteiger partial charge >= 0.3 is 0 Å². The van der Waals surface area contributed by atoms with Crippen molar-refractivity contribution in [3.63, 3.8) is 0 Å². The molecule has 2 aromatic heterocycles. The zero-order chi connectivity index (χ0) is 20.4. The van der Waals surface area contributed by atoms with Crippen LogP contribution in [0.3, 0.4) is 0 Å². The molecule has 6 nitrogen and oxygen atoms in total. The van der Waals surface area contributed by atoms with Gasteiger partial charge in [0.25, 0.3) is 5.91 Å². The molecule has 4 rings (SSSR count). The second-order valence-electron chi connectivity index (χ2n) is 6.65. The maximum absolute atomic E-state index is 13.8. The fraction of sp³-hybridized carbons (Fsp3) is 0.136.